The van der Waals surface area contributed by atoms with E-state index in [-0.39, 0.29) is 21.2 Å². The highest BCUT2D eigenvalue weighted by Crippen LogP contribution is 2.32. The van der Waals surface area contributed by atoms with Crippen molar-refractivity contribution in [2.24, 2.45) is 0 Å². The van der Waals surface area contributed by atoms with Crippen molar-refractivity contribution in [1.29, 1.82) is 0 Å². The maximum Gasteiger partial charge on any atom is 0.262 e. The summed E-state index contributed by atoms with van der Waals surface area (Å²) in [6.07, 6.45) is 2.78. The minimum atomic E-state index is -3.99. The number of anilines is 2. The van der Waals surface area contributed by atoms with Crippen molar-refractivity contribution in [1.82, 2.24) is 0 Å². The number of methoxy groups -OCH3 is 2. The Morgan fingerprint density at radius 2 is 1.33 bits per heavy atom. The van der Waals surface area contributed by atoms with Crippen LogP contribution in [0.2, 0.25) is 0 Å². The summed E-state index contributed by atoms with van der Waals surface area (Å²) in [5.41, 5.74) is 2.54. The van der Waals surface area contributed by atoms with Gasteiger partial charge < -0.3 is 9.47 Å². The van der Waals surface area contributed by atoms with Gasteiger partial charge >= 0.3 is 0 Å². The Morgan fingerprint density at radius 3 is 2.03 bits per heavy atom. The molecule has 0 heterocycles. The van der Waals surface area contributed by atoms with Gasteiger partial charge in [-0.25, -0.2) is 16.8 Å². The predicted molar refractivity (Wildman–Crippen MR) is 126 cm³/mol. The molecule has 0 bridgehead atoms. The van der Waals surface area contributed by atoms with Gasteiger partial charge in [-0.2, -0.15) is 0 Å². The van der Waals surface area contributed by atoms with Gasteiger partial charge in [-0.3, -0.25) is 9.44 Å². The van der Waals surface area contributed by atoms with Gasteiger partial charge in [0, 0.05) is 5.69 Å². The monoisotopic (exact) mass is 488 g/mol. The Kier molecular flexibility index (Phi) is 6.22. The molecule has 4 rings (SSSR count). The third-order valence-corrected chi connectivity index (χ3v) is 8.19. The molecule has 8 nitrogen and oxygen atoms in total. The molecule has 0 spiro atoms. The first-order chi connectivity index (χ1) is 15.7. The predicted octanol–water partition coefficient (Wildman–Crippen LogP) is 3.79. The van der Waals surface area contributed by atoms with Crippen molar-refractivity contribution < 1.29 is 26.3 Å². The molecule has 0 saturated carbocycles. The lowest BCUT2D eigenvalue weighted by Gasteiger charge is -2.15. The average molecular weight is 489 g/mol. The number of rotatable bonds is 8. The van der Waals surface area contributed by atoms with Gasteiger partial charge in [-0.05, 0) is 85.0 Å². The fourth-order valence-corrected chi connectivity index (χ4v) is 5.92. The van der Waals surface area contributed by atoms with Crippen molar-refractivity contribution in [2.75, 3.05) is 23.7 Å². The van der Waals surface area contributed by atoms with Crippen LogP contribution in [0.25, 0.3) is 0 Å². The van der Waals surface area contributed by atoms with Crippen molar-refractivity contribution in [3.63, 3.8) is 0 Å². The van der Waals surface area contributed by atoms with Gasteiger partial charge in [0.1, 0.15) is 11.5 Å². The fourth-order valence-electron chi connectivity index (χ4n) is 3.73. The first-order valence-electron chi connectivity index (χ1n) is 10.2. The number of ether oxygens (including phenoxy) is 2. The molecule has 0 aromatic heterocycles. The quantitative estimate of drug-likeness (QED) is 0.499. The molecule has 174 valence electrons. The number of fused-ring (bicyclic) bond motifs is 1. The zero-order chi connectivity index (χ0) is 23.6. The molecular formula is C23H24N2O6S2. The molecule has 0 radical (unpaired) electrons. The molecule has 0 amide bonds. The molecule has 10 heteroatoms. The Labute approximate surface area is 193 Å². The van der Waals surface area contributed by atoms with Crippen molar-refractivity contribution in [3.8, 4) is 11.5 Å². The van der Waals surface area contributed by atoms with E-state index >= 15 is 0 Å². The lowest BCUT2D eigenvalue weighted by Crippen LogP contribution is -2.16. The van der Waals surface area contributed by atoms with E-state index in [0.29, 0.717) is 11.4 Å². The highest BCUT2D eigenvalue weighted by atomic mass is 32.2. The molecule has 2 N–H and O–H groups in total. The summed E-state index contributed by atoms with van der Waals surface area (Å²) < 4.78 is 67.2. The van der Waals surface area contributed by atoms with Crippen LogP contribution in [-0.4, -0.2) is 31.1 Å². The minimum Gasteiger partial charge on any atom is -0.497 e. The zero-order valence-electron chi connectivity index (χ0n) is 18.2. The van der Waals surface area contributed by atoms with E-state index < -0.39 is 20.0 Å². The second-order valence-corrected chi connectivity index (χ2v) is 11.0. The van der Waals surface area contributed by atoms with Crippen LogP contribution in [0.15, 0.2) is 70.5 Å². The standard InChI is InChI=1S/C23H24N2O6S2/c1-30-19-9-7-18(8-10-19)24-32(26,27)21-12-13-23(31-2)22(15-21)25-33(28,29)20-11-6-16-4-3-5-17(16)14-20/h6-15,24-25H,3-5H2,1-2H3. The topological polar surface area (TPSA) is 111 Å². The summed E-state index contributed by atoms with van der Waals surface area (Å²) in [6.45, 7) is 0. The number of nitrogens with one attached hydrogen (secondary N) is 2. The van der Waals surface area contributed by atoms with Crippen LogP contribution in [0.5, 0.6) is 11.5 Å². The van der Waals surface area contributed by atoms with Gasteiger partial charge in [-0.15, -0.1) is 0 Å². The summed E-state index contributed by atoms with van der Waals surface area (Å²) in [5.74, 6) is 0.786. The van der Waals surface area contributed by atoms with Crippen molar-refractivity contribution in [3.05, 3.63) is 71.8 Å². The smallest absolute Gasteiger partial charge is 0.262 e. The van der Waals surface area contributed by atoms with E-state index in [4.69, 9.17) is 9.47 Å². The molecule has 1 aliphatic rings. The summed E-state index contributed by atoms with van der Waals surface area (Å²) in [5, 5.41) is 0. The third-order valence-electron chi connectivity index (χ3n) is 5.45. The van der Waals surface area contributed by atoms with Crippen LogP contribution in [0, 0.1) is 0 Å². The SMILES string of the molecule is COc1ccc(NS(=O)(=O)c2ccc(OC)c(NS(=O)(=O)c3ccc4c(c3)CCC4)c2)cc1. The van der Waals surface area contributed by atoms with Gasteiger partial charge in [0.15, 0.2) is 0 Å². The second-order valence-electron chi connectivity index (χ2n) is 7.59. The Hall–Kier alpha value is -3.24. The molecule has 1 aliphatic carbocycles. The van der Waals surface area contributed by atoms with Gasteiger partial charge in [-0.1, -0.05) is 6.07 Å². The van der Waals surface area contributed by atoms with Crippen LogP contribution < -0.4 is 18.9 Å². The number of hydrogen-bond donors (Lipinski definition) is 2. The number of aryl methyl sites for hydroxylation is 2. The molecule has 0 fully saturated rings. The molecule has 0 aliphatic heterocycles. The lowest BCUT2D eigenvalue weighted by molar-refractivity contribution is 0.415. The third kappa shape index (κ3) is 4.91. The number of benzene rings is 3. The maximum absolute atomic E-state index is 13.0. The maximum atomic E-state index is 13.0. The Morgan fingerprint density at radius 1 is 0.697 bits per heavy atom. The van der Waals surface area contributed by atoms with E-state index in [9.17, 15) is 16.8 Å². The van der Waals surface area contributed by atoms with Crippen LogP contribution in [-0.2, 0) is 32.9 Å². The fraction of sp³-hybridized carbons (Fsp3) is 0.217. The van der Waals surface area contributed by atoms with Crippen LogP contribution in [0.4, 0.5) is 11.4 Å². The van der Waals surface area contributed by atoms with Gasteiger partial charge in [0.05, 0.1) is 29.7 Å². The average Bonchev–Trinajstić information content (AvgIpc) is 3.27. The minimum absolute atomic E-state index is 0.0237. The van der Waals surface area contributed by atoms with E-state index in [0.717, 1.165) is 30.4 Å². The molecule has 0 atom stereocenters. The van der Waals surface area contributed by atoms with Gasteiger partial charge in [0.25, 0.3) is 20.0 Å². The van der Waals surface area contributed by atoms with Crippen molar-refractivity contribution >= 4 is 31.4 Å². The zero-order valence-corrected chi connectivity index (χ0v) is 19.8. The Bertz CT molecular complexity index is 1380. The number of hydrogen-bond acceptors (Lipinski definition) is 6. The molecule has 3 aromatic rings. The summed E-state index contributed by atoms with van der Waals surface area (Å²) in [6, 6.07) is 15.4. The van der Waals surface area contributed by atoms with Crippen LogP contribution >= 0.6 is 0 Å². The first kappa shape index (κ1) is 22.9. The molecular weight excluding hydrogens is 464 g/mol. The van der Waals surface area contributed by atoms with E-state index in [1.165, 1.54) is 32.4 Å². The summed E-state index contributed by atoms with van der Waals surface area (Å²) >= 11 is 0. The number of sulfonamides is 2. The highest BCUT2D eigenvalue weighted by Gasteiger charge is 2.22. The molecule has 0 saturated heterocycles. The molecule has 3 aromatic carbocycles. The van der Waals surface area contributed by atoms with E-state index in [1.807, 2.05) is 6.07 Å². The summed E-state index contributed by atoms with van der Waals surface area (Å²) in [7, 11) is -5.05. The summed E-state index contributed by atoms with van der Waals surface area (Å²) in [4.78, 5) is 0.000549. The second kappa shape index (κ2) is 8.95. The lowest BCUT2D eigenvalue weighted by atomic mass is 10.1. The highest BCUT2D eigenvalue weighted by molar-refractivity contribution is 7.93. The normalized spacial score (nSPS) is 13.3. The van der Waals surface area contributed by atoms with E-state index in [1.54, 1.807) is 36.4 Å². The van der Waals surface area contributed by atoms with E-state index in [2.05, 4.69) is 9.44 Å². The molecule has 33 heavy (non-hydrogen) atoms. The van der Waals surface area contributed by atoms with Crippen LogP contribution in [0.3, 0.4) is 0 Å². The first-order valence-corrected chi connectivity index (χ1v) is 13.2. The van der Waals surface area contributed by atoms with Gasteiger partial charge in [0.2, 0.25) is 0 Å². The Balaban J connectivity index is 1.63. The van der Waals surface area contributed by atoms with Crippen molar-refractivity contribution in [2.45, 2.75) is 29.1 Å². The van der Waals surface area contributed by atoms with Crippen LogP contribution in [0.1, 0.15) is 17.5 Å². The molecule has 0 unspecified atom stereocenters. The largest absolute Gasteiger partial charge is 0.497 e.